The third kappa shape index (κ3) is 3.93. The SMILES string of the molecule is Cc1cc(C)cc(NC(N)=NCC(O)c2cc3ccccc3s2)c1. The zero-order chi connectivity index (χ0) is 17.1. The Morgan fingerprint density at radius 2 is 1.88 bits per heavy atom. The van der Waals surface area contributed by atoms with E-state index in [1.165, 1.54) is 0 Å². The van der Waals surface area contributed by atoms with Crippen LogP contribution in [0.1, 0.15) is 22.1 Å². The monoisotopic (exact) mass is 339 g/mol. The summed E-state index contributed by atoms with van der Waals surface area (Å²) in [7, 11) is 0. The number of aliphatic hydroxyl groups excluding tert-OH is 1. The average Bonchev–Trinajstić information content (AvgIpc) is 2.95. The highest BCUT2D eigenvalue weighted by Gasteiger charge is 2.11. The van der Waals surface area contributed by atoms with Gasteiger partial charge in [-0.1, -0.05) is 24.3 Å². The number of thiophene rings is 1. The molecular formula is C19H21N3OS. The van der Waals surface area contributed by atoms with Crippen molar-refractivity contribution < 1.29 is 5.11 Å². The maximum Gasteiger partial charge on any atom is 0.193 e. The number of nitrogens with zero attached hydrogens (tertiary/aromatic N) is 1. The molecule has 124 valence electrons. The van der Waals surface area contributed by atoms with Crippen LogP contribution >= 0.6 is 11.3 Å². The molecule has 3 rings (SSSR count). The lowest BCUT2D eigenvalue weighted by Gasteiger charge is -2.09. The summed E-state index contributed by atoms with van der Waals surface area (Å²) in [5.41, 5.74) is 9.17. The number of fused-ring (bicyclic) bond motifs is 1. The lowest BCUT2D eigenvalue weighted by atomic mass is 10.1. The molecule has 4 N–H and O–H groups in total. The largest absolute Gasteiger partial charge is 0.386 e. The predicted octanol–water partition coefficient (Wildman–Crippen LogP) is 3.98. The van der Waals surface area contributed by atoms with E-state index in [0.29, 0.717) is 5.96 Å². The van der Waals surface area contributed by atoms with Gasteiger partial charge in [-0.15, -0.1) is 11.3 Å². The molecule has 1 aromatic heterocycles. The molecule has 0 amide bonds. The van der Waals surface area contributed by atoms with Crippen molar-refractivity contribution in [2.24, 2.45) is 10.7 Å². The van der Waals surface area contributed by atoms with Gasteiger partial charge in [-0.3, -0.25) is 4.99 Å². The third-order valence-electron chi connectivity index (χ3n) is 3.70. The Labute approximate surface area is 145 Å². The summed E-state index contributed by atoms with van der Waals surface area (Å²) in [5.74, 6) is 0.306. The van der Waals surface area contributed by atoms with E-state index in [0.717, 1.165) is 31.8 Å². The van der Waals surface area contributed by atoms with Crippen LogP contribution in [-0.2, 0) is 0 Å². The first-order valence-corrected chi connectivity index (χ1v) is 8.65. The number of guanidine groups is 1. The van der Waals surface area contributed by atoms with Crippen molar-refractivity contribution in [1.29, 1.82) is 0 Å². The molecular weight excluding hydrogens is 318 g/mol. The molecule has 1 heterocycles. The topological polar surface area (TPSA) is 70.6 Å². The molecule has 1 atom stereocenters. The van der Waals surface area contributed by atoms with E-state index in [2.05, 4.69) is 22.4 Å². The smallest absolute Gasteiger partial charge is 0.193 e. The molecule has 0 radical (unpaired) electrons. The average molecular weight is 339 g/mol. The maximum atomic E-state index is 10.3. The summed E-state index contributed by atoms with van der Waals surface area (Å²) < 4.78 is 1.16. The van der Waals surface area contributed by atoms with Crippen molar-refractivity contribution in [2.75, 3.05) is 11.9 Å². The second-order valence-electron chi connectivity index (χ2n) is 5.93. The van der Waals surface area contributed by atoms with Crippen LogP contribution < -0.4 is 11.1 Å². The Bertz CT molecular complexity index is 832. The van der Waals surface area contributed by atoms with Crippen LogP contribution in [0.4, 0.5) is 5.69 Å². The lowest BCUT2D eigenvalue weighted by Crippen LogP contribution is -2.23. The molecule has 0 saturated carbocycles. The summed E-state index contributed by atoms with van der Waals surface area (Å²) >= 11 is 1.58. The first-order chi connectivity index (χ1) is 11.5. The minimum atomic E-state index is -0.651. The van der Waals surface area contributed by atoms with Crippen LogP contribution in [0.15, 0.2) is 53.5 Å². The van der Waals surface area contributed by atoms with Crippen LogP contribution in [0.3, 0.4) is 0 Å². The Hall–Kier alpha value is -2.37. The summed E-state index contributed by atoms with van der Waals surface area (Å²) in [6, 6.07) is 16.2. The standard InChI is InChI=1S/C19H21N3OS/c1-12-7-13(2)9-15(8-12)22-19(20)21-11-16(23)18-10-14-5-3-4-6-17(14)24-18/h3-10,16,23H,11H2,1-2H3,(H3,20,21,22). The van der Waals surface area contributed by atoms with Crippen LogP contribution in [0, 0.1) is 13.8 Å². The second-order valence-corrected chi connectivity index (χ2v) is 7.05. The number of rotatable bonds is 4. The van der Waals surface area contributed by atoms with E-state index in [9.17, 15) is 5.11 Å². The number of nitrogens with two attached hydrogens (primary N) is 1. The van der Waals surface area contributed by atoms with Crippen LogP contribution in [0.25, 0.3) is 10.1 Å². The molecule has 24 heavy (non-hydrogen) atoms. The minimum Gasteiger partial charge on any atom is -0.386 e. The van der Waals surface area contributed by atoms with E-state index in [1.807, 2.05) is 50.2 Å². The van der Waals surface area contributed by atoms with E-state index < -0.39 is 6.10 Å². The highest BCUT2D eigenvalue weighted by molar-refractivity contribution is 7.19. The first-order valence-electron chi connectivity index (χ1n) is 7.83. The van der Waals surface area contributed by atoms with Gasteiger partial charge in [0.2, 0.25) is 0 Å². The van der Waals surface area contributed by atoms with Gasteiger partial charge in [0, 0.05) is 15.3 Å². The number of anilines is 1. The van der Waals surface area contributed by atoms with Gasteiger partial charge in [0.15, 0.2) is 5.96 Å². The van der Waals surface area contributed by atoms with Gasteiger partial charge in [-0.05, 0) is 54.6 Å². The molecule has 0 aliphatic heterocycles. The molecule has 0 saturated heterocycles. The Balaban J connectivity index is 1.67. The van der Waals surface area contributed by atoms with Gasteiger partial charge in [-0.25, -0.2) is 0 Å². The lowest BCUT2D eigenvalue weighted by molar-refractivity contribution is 0.191. The van der Waals surface area contributed by atoms with Crippen molar-refractivity contribution in [3.63, 3.8) is 0 Å². The van der Waals surface area contributed by atoms with Gasteiger partial charge in [-0.2, -0.15) is 0 Å². The zero-order valence-electron chi connectivity index (χ0n) is 13.8. The van der Waals surface area contributed by atoms with E-state index in [4.69, 9.17) is 5.73 Å². The highest BCUT2D eigenvalue weighted by Crippen LogP contribution is 2.29. The van der Waals surface area contributed by atoms with Gasteiger partial charge < -0.3 is 16.2 Å². The van der Waals surface area contributed by atoms with Crippen molar-refractivity contribution in [3.05, 3.63) is 64.5 Å². The number of hydrogen-bond acceptors (Lipinski definition) is 3. The summed E-state index contributed by atoms with van der Waals surface area (Å²) in [5, 5.41) is 14.6. The van der Waals surface area contributed by atoms with Crippen molar-refractivity contribution in [3.8, 4) is 0 Å². The molecule has 5 heteroatoms. The van der Waals surface area contributed by atoms with Crippen molar-refractivity contribution in [2.45, 2.75) is 20.0 Å². The summed E-state index contributed by atoms with van der Waals surface area (Å²) in [6.07, 6.45) is -0.651. The summed E-state index contributed by atoms with van der Waals surface area (Å²) in [4.78, 5) is 5.17. The summed E-state index contributed by atoms with van der Waals surface area (Å²) in [6.45, 7) is 4.31. The Morgan fingerprint density at radius 1 is 1.17 bits per heavy atom. The Kier molecular flexibility index (Phi) is 4.83. The van der Waals surface area contributed by atoms with Gasteiger partial charge in [0.25, 0.3) is 0 Å². The Morgan fingerprint density at radius 3 is 2.58 bits per heavy atom. The number of aliphatic hydroxyl groups is 1. The third-order valence-corrected chi connectivity index (χ3v) is 4.92. The fraction of sp³-hybridized carbons (Fsp3) is 0.211. The van der Waals surface area contributed by atoms with Crippen LogP contribution in [-0.4, -0.2) is 17.6 Å². The van der Waals surface area contributed by atoms with Crippen LogP contribution in [0.2, 0.25) is 0 Å². The molecule has 0 bridgehead atoms. The molecule has 1 unspecified atom stereocenters. The van der Waals surface area contributed by atoms with Crippen LogP contribution in [0.5, 0.6) is 0 Å². The number of nitrogens with one attached hydrogen (secondary N) is 1. The minimum absolute atomic E-state index is 0.233. The van der Waals surface area contributed by atoms with Gasteiger partial charge in [0.1, 0.15) is 6.10 Å². The number of aryl methyl sites for hydroxylation is 2. The highest BCUT2D eigenvalue weighted by atomic mass is 32.1. The molecule has 0 aliphatic carbocycles. The number of aliphatic imine (C=N–C) groups is 1. The van der Waals surface area contributed by atoms with E-state index >= 15 is 0 Å². The maximum absolute atomic E-state index is 10.3. The fourth-order valence-corrected chi connectivity index (χ4v) is 3.72. The molecule has 4 nitrogen and oxygen atoms in total. The van der Waals surface area contributed by atoms with E-state index in [-0.39, 0.29) is 6.54 Å². The predicted molar refractivity (Wildman–Crippen MR) is 103 cm³/mol. The van der Waals surface area contributed by atoms with Crippen molar-refractivity contribution in [1.82, 2.24) is 0 Å². The quantitative estimate of drug-likeness (QED) is 0.497. The molecule has 0 aliphatic rings. The normalized spacial score (nSPS) is 13.2. The molecule has 3 aromatic rings. The first kappa shape index (κ1) is 16.5. The number of hydrogen-bond donors (Lipinski definition) is 3. The molecule has 2 aromatic carbocycles. The molecule has 0 spiro atoms. The van der Waals surface area contributed by atoms with Gasteiger partial charge >= 0.3 is 0 Å². The van der Waals surface area contributed by atoms with Crippen molar-refractivity contribution >= 4 is 33.1 Å². The van der Waals surface area contributed by atoms with E-state index in [1.54, 1.807) is 11.3 Å². The molecule has 0 fully saturated rings. The second kappa shape index (κ2) is 7.03. The fourth-order valence-electron chi connectivity index (χ4n) is 2.68. The number of benzene rings is 2. The zero-order valence-corrected chi connectivity index (χ0v) is 14.6. The van der Waals surface area contributed by atoms with Gasteiger partial charge in [0.05, 0.1) is 6.54 Å².